The summed E-state index contributed by atoms with van der Waals surface area (Å²) in [5.41, 5.74) is 7.68. The molecule has 1 fully saturated rings. The molecule has 1 saturated heterocycles. The third kappa shape index (κ3) is 4.58. The van der Waals surface area contributed by atoms with Gasteiger partial charge in [-0.25, -0.2) is 0 Å². The molecule has 3 heteroatoms. The molecule has 3 nitrogen and oxygen atoms in total. The van der Waals surface area contributed by atoms with Crippen molar-refractivity contribution >= 4 is 0 Å². The predicted molar refractivity (Wildman–Crippen MR) is 85.6 cm³/mol. The standard InChI is InChI=1S/C17H29N3/c1-3-15(2)17(18)14-20-11-9-19(10-12-20)13-16-7-5-4-6-8-16/h4-8,15,17H,3,9-14,18H2,1-2H3/t15?,17-/m1/s1. The molecule has 2 atom stereocenters. The lowest BCUT2D eigenvalue weighted by Gasteiger charge is -2.36. The molecular weight excluding hydrogens is 246 g/mol. The molecule has 2 N–H and O–H groups in total. The molecule has 0 aliphatic carbocycles. The van der Waals surface area contributed by atoms with Gasteiger partial charge in [0.25, 0.3) is 0 Å². The summed E-state index contributed by atoms with van der Waals surface area (Å²) in [5.74, 6) is 0.623. The van der Waals surface area contributed by atoms with Crippen LogP contribution in [0.1, 0.15) is 25.8 Å². The Morgan fingerprint density at radius 3 is 2.25 bits per heavy atom. The van der Waals surface area contributed by atoms with Crippen molar-refractivity contribution in [2.45, 2.75) is 32.9 Å². The highest BCUT2D eigenvalue weighted by Gasteiger charge is 2.20. The van der Waals surface area contributed by atoms with Gasteiger partial charge in [-0.15, -0.1) is 0 Å². The van der Waals surface area contributed by atoms with Gasteiger partial charge < -0.3 is 5.73 Å². The van der Waals surface area contributed by atoms with Gasteiger partial charge in [0.1, 0.15) is 0 Å². The molecule has 1 aliphatic heterocycles. The molecule has 20 heavy (non-hydrogen) atoms. The molecule has 1 aromatic rings. The van der Waals surface area contributed by atoms with Crippen LogP contribution in [0, 0.1) is 5.92 Å². The average molecular weight is 275 g/mol. The number of nitrogens with zero attached hydrogens (tertiary/aromatic N) is 2. The van der Waals surface area contributed by atoms with E-state index in [1.165, 1.54) is 12.0 Å². The Kier molecular flexibility index (Phi) is 6.02. The second-order valence-electron chi connectivity index (χ2n) is 6.11. The summed E-state index contributed by atoms with van der Waals surface area (Å²) in [5, 5.41) is 0. The molecule has 0 spiro atoms. The van der Waals surface area contributed by atoms with E-state index >= 15 is 0 Å². The van der Waals surface area contributed by atoms with Crippen LogP contribution in [0.25, 0.3) is 0 Å². The van der Waals surface area contributed by atoms with E-state index in [9.17, 15) is 0 Å². The third-order valence-electron chi connectivity index (χ3n) is 4.56. The second-order valence-corrected chi connectivity index (χ2v) is 6.11. The minimum atomic E-state index is 0.320. The van der Waals surface area contributed by atoms with Crippen molar-refractivity contribution in [3.05, 3.63) is 35.9 Å². The first kappa shape index (κ1) is 15.5. The molecule has 1 aromatic carbocycles. The number of hydrogen-bond acceptors (Lipinski definition) is 3. The number of piperazine rings is 1. The zero-order valence-electron chi connectivity index (χ0n) is 13.0. The number of benzene rings is 1. The molecule has 112 valence electrons. The highest BCUT2D eigenvalue weighted by Crippen LogP contribution is 2.11. The summed E-state index contributed by atoms with van der Waals surface area (Å²) < 4.78 is 0. The number of nitrogens with two attached hydrogens (primary N) is 1. The first-order valence-corrected chi connectivity index (χ1v) is 7.93. The highest BCUT2D eigenvalue weighted by atomic mass is 15.3. The summed E-state index contributed by atoms with van der Waals surface area (Å²) in [6, 6.07) is 11.1. The van der Waals surface area contributed by atoms with E-state index in [1.807, 2.05) is 0 Å². The van der Waals surface area contributed by atoms with Gasteiger partial charge in [0.2, 0.25) is 0 Å². The van der Waals surface area contributed by atoms with E-state index in [0.717, 1.165) is 39.3 Å². The second kappa shape index (κ2) is 7.77. The van der Waals surface area contributed by atoms with Gasteiger partial charge >= 0.3 is 0 Å². The maximum atomic E-state index is 6.26. The zero-order valence-corrected chi connectivity index (χ0v) is 13.0. The van der Waals surface area contributed by atoms with E-state index in [-0.39, 0.29) is 0 Å². The Bertz CT molecular complexity index is 371. The van der Waals surface area contributed by atoms with Crippen molar-refractivity contribution in [1.29, 1.82) is 0 Å². The molecule has 2 rings (SSSR count). The van der Waals surface area contributed by atoms with Crippen LogP contribution < -0.4 is 5.73 Å². The van der Waals surface area contributed by atoms with Gasteiger partial charge in [-0.3, -0.25) is 9.80 Å². The van der Waals surface area contributed by atoms with E-state index < -0.39 is 0 Å². The Morgan fingerprint density at radius 1 is 1.05 bits per heavy atom. The lowest BCUT2D eigenvalue weighted by Crippen LogP contribution is -2.50. The molecule has 0 saturated carbocycles. The average Bonchev–Trinajstić information content (AvgIpc) is 2.49. The molecule has 1 aliphatic rings. The topological polar surface area (TPSA) is 32.5 Å². The van der Waals surface area contributed by atoms with E-state index in [1.54, 1.807) is 0 Å². The fourth-order valence-corrected chi connectivity index (χ4v) is 2.75. The van der Waals surface area contributed by atoms with Crippen LogP contribution in [0.2, 0.25) is 0 Å². The van der Waals surface area contributed by atoms with E-state index in [4.69, 9.17) is 5.73 Å². The van der Waals surface area contributed by atoms with Crippen molar-refractivity contribution in [2.75, 3.05) is 32.7 Å². The van der Waals surface area contributed by atoms with Crippen LogP contribution in [0.5, 0.6) is 0 Å². The van der Waals surface area contributed by atoms with Gasteiger partial charge in [0, 0.05) is 45.3 Å². The number of hydrogen-bond donors (Lipinski definition) is 1. The highest BCUT2D eigenvalue weighted by molar-refractivity contribution is 5.14. The van der Waals surface area contributed by atoms with Crippen molar-refractivity contribution in [1.82, 2.24) is 9.80 Å². The minimum absolute atomic E-state index is 0.320. The van der Waals surface area contributed by atoms with Crippen LogP contribution in [0.4, 0.5) is 0 Å². The SMILES string of the molecule is CCC(C)[C@H](N)CN1CCN(Cc2ccccc2)CC1. The van der Waals surface area contributed by atoms with Gasteiger partial charge in [-0.2, -0.15) is 0 Å². The molecule has 1 heterocycles. The monoisotopic (exact) mass is 275 g/mol. The van der Waals surface area contributed by atoms with Crippen LogP contribution in [0.3, 0.4) is 0 Å². The predicted octanol–water partition coefficient (Wildman–Crippen LogP) is 2.18. The minimum Gasteiger partial charge on any atom is -0.326 e. The Morgan fingerprint density at radius 2 is 1.65 bits per heavy atom. The molecular formula is C17H29N3. The Labute approximate surface area is 123 Å². The molecule has 0 amide bonds. The smallest absolute Gasteiger partial charge is 0.0234 e. The maximum Gasteiger partial charge on any atom is 0.0234 e. The fraction of sp³-hybridized carbons (Fsp3) is 0.647. The first-order valence-electron chi connectivity index (χ1n) is 7.93. The number of rotatable bonds is 6. The molecule has 1 unspecified atom stereocenters. The van der Waals surface area contributed by atoms with Crippen molar-refractivity contribution in [3.8, 4) is 0 Å². The molecule has 0 aromatic heterocycles. The van der Waals surface area contributed by atoms with Gasteiger partial charge in [-0.05, 0) is 11.5 Å². The largest absolute Gasteiger partial charge is 0.326 e. The van der Waals surface area contributed by atoms with Crippen LogP contribution in [-0.4, -0.2) is 48.6 Å². The van der Waals surface area contributed by atoms with Crippen molar-refractivity contribution in [2.24, 2.45) is 11.7 Å². The fourth-order valence-electron chi connectivity index (χ4n) is 2.75. The van der Waals surface area contributed by atoms with Gasteiger partial charge in [-0.1, -0.05) is 50.6 Å². The van der Waals surface area contributed by atoms with Crippen molar-refractivity contribution < 1.29 is 0 Å². The quantitative estimate of drug-likeness (QED) is 0.863. The summed E-state index contributed by atoms with van der Waals surface area (Å²) in [6.45, 7) is 11.2. The molecule has 0 radical (unpaired) electrons. The van der Waals surface area contributed by atoms with Gasteiger partial charge in [0.05, 0.1) is 0 Å². The van der Waals surface area contributed by atoms with E-state index in [2.05, 4.69) is 54.0 Å². The normalized spacial score (nSPS) is 20.8. The van der Waals surface area contributed by atoms with Crippen molar-refractivity contribution in [3.63, 3.8) is 0 Å². The van der Waals surface area contributed by atoms with Crippen LogP contribution >= 0.6 is 0 Å². The zero-order chi connectivity index (χ0) is 14.4. The Hall–Kier alpha value is -0.900. The maximum absolute atomic E-state index is 6.26. The summed E-state index contributed by atoms with van der Waals surface area (Å²) in [4.78, 5) is 5.07. The lowest BCUT2D eigenvalue weighted by molar-refractivity contribution is 0.116. The Balaban J connectivity index is 1.72. The van der Waals surface area contributed by atoms with E-state index in [0.29, 0.717) is 12.0 Å². The van der Waals surface area contributed by atoms with Crippen LogP contribution in [-0.2, 0) is 6.54 Å². The summed E-state index contributed by atoms with van der Waals surface area (Å²) in [6.07, 6.45) is 1.18. The first-order chi connectivity index (χ1) is 9.69. The van der Waals surface area contributed by atoms with Gasteiger partial charge in [0.15, 0.2) is 0 Å². The summed E-state index contributed by atoms with van der Waals surface area (Å²) >= 11 is 0. The lowest BCUT2D eigenvalue weighted by atomic mass is 9.99. The van der Waals surface area contributed by atoms with Crippen LogP contribution in [0.15, 0.2) is 30.3 Å². The molecule has 0 bridgehead atoms. The third-order valence-corrected chi connectivity index (χ3v) is 4.56. The summed E-state index contributed by atoms with van der Waals surface area (Å²) in [7, 11) is 0.